The molecule has 7 heteroatoms. The van der Waals surface area contributed by atoms with Crippen LogP contribution in [0.3, 0.4) is 0 Å². The zero-order valence-electron chi connectivity index (χ0n) is 15.6. The van der Waals surface area contributed by atoms with Gasteiger partial charge in [0, 0.05) is 36.7 Å². The van der Waals surface area contributed by atoms with Crippen molar-refractivity contribution in [3.63, 3.8) is 0 Å². The largest absolute Gasteiger partial charge is 0.441 e. The Labute approximate surface area is 167 Å². The Morgan fingerprint density at radius 1 is 1.07 bits per heavy atom. The quantitative estimate of drug-likeness (QED) is 0.519. The molecular weight excluding hydrogens is 371 g/mol. The molecule has 0 aliphatic heterocycles. The molecule has 1 amide bonds. The van der Waals surface area contributed by atoms with Crippen LogP contribution in [0.2, 0.25) is 0 Å². The SMILES string of the molecule is O=C(CCc1ncc(-c2ccc(F)cc2)o1)NCc1cnn(-c2ccccc2)c1. The molecule has 146 valence electrons. The molecule has 2 aromatic heterocycles. The molecule has 2 heterocycles. The average Bonchev–Trinajstić information content (AvgIpc) is 3.42. The maximum Gasteiger partial charge on any atom is 0.220 e. The Bertz CT molecular complexity index is 1090. The fraction of sp³-hybridized carbons (Fsp3) is 0.136. The lowest BCUT2D eigenvalue weighted by Crippen LogP contribution is -2.22. The molecule has 0 fully saturated rings. The van der Waals surface area contributed by atoms with Gasteiger partial charge in [0.05, 0.1) is 18.1 Å². The maximum absolute atomic E-state index is 13.0. The van der Waals surface area contributed by atoms with E-state index in [9.17, 15) is 9.18 Å². The van der Waals surface area contributed by atoms with Crippen LogP contribution in [-0.2, 0) is 17.8 Å². The minimum absolute atomic E-state index is 0.0982. The molecule has 0 bridgehead atoms. The monoisotopic (exact) mass is 390 g/mol. The number of hydrogen-bond acceptors (Lipinski definition) is 4. The fourth-order valence-corrected chi connectivity index (χ4v) is 2.86. The van der Waals surface area contributed by atoms with Gasteiger partial charge in [-0.25, -0.2) is 14.1 Å². The number of rotatable bonds is 7. The number of nitrogens with one attached hydrogen (secondary N) is 1. The number of para-hydroxylation sites is 1. The summed E-state index contributed by atoms with van der Waals surface area (Å²) in [5, 5.41) is 7.19. The first kappa shape index (κ1) is 18.6. The molecule has 1 N–H and O–H groups in total. The Balaban J connectivity index is 1.27. The van der Waals surface area contributed by atoms with Crippen LogP contribution in [0.15, 0.2) is 77.6 Å². The zero-order valence-corrected chi connectivity index (χ0v) is 15.6. The van der Waals surface area contributed by atoms with Gasteiger partial charge in [0.15, 0.2) is 11.7 Å². The number of nitrogens with zero attached hydrogens (tertiary/aromatic N) is 3. The molecule has 29 heavy (non-hydrogen) atoms. The summed E-state index contributed by atoms with van der Waals surface area (Å²) in [4.78, 5) is 16.3. The molecule has 0 saturated heterocycles. The van der Waals surface area contributed by atoms with Gasteiger partial charge in [-0.15, -0.1) is 0 Å². The topological polar surface area (TPSA) is 73.0 Å². The van der Waals surface area contributed by atoms with Crippen LogP contribution >= 0.6 is 0 Å². The summed E-state index contributed by atoms with van der Waals surface area (Å²) in [6.07, 6.45) is 5.85. The Hall–Kier alpha value is -3.74. The van der Waals surface area contributed by atoms with Crippen molar-refractivity contribution in [3.8, 4) is 17.0 Å². The lowest BCUT2D eigenvalue weighted by Gasteiger charge is -2.02. The molecule has 0 aliphatic carbocycles. The number of carbonyl (C=O) groups is 1. The standard InChI is InChI=1S/C22H19FN4O2/c23-18-8-6-17(7-9-18)20-14-25-22(29-20)11-10-21(28)24-12-16-13-26-27(15-16)19-4-2-1-3-5-19/h1-9,13-15H,10-12H2,(H,24,28). The highest BCUT2D eigenvalue weighted by Crippen LogP contribution is 2.21. The summed E-state index contributed by atoms with van der Waals surface area (Å²) in [6.45, 7) is 0.401. The van der Waals surface area contributed by atoms with Crippen LogP contribution in [0.4, 0.5) is 4.39 Å². The van der Waals surface area contributed by atoms with Crippen molar-refractivity contribution in [1.82, 2.24) is 20.1 Å². The van der Waals surface area contributed by atoms with Crippen LogP contribution < -0.4 is 5.32 Å². The third-order valence-corrected chi connectivity index (χ3v) is 4.39. The van der Waals surface area contributed by atoms with Crippen LogP contribution in [0, 0.1) is 5.82 Å². The zero-order chi connectivity index (χ0) is 20.1. The lowest BCUT2D eigenvalue weighted by molar-refractivity contribution is -0.121. The first-order valence-electron chi connectivity index (χ1n) is 9.24. The van der Waals surface area contributed by atoms with E-state index in [1.165, 1.54) is 12.1 Å². The maximum atomic E-state index is 13.0. The molecule has 6 nitrogen and oxygen atoms in total. The molecule has 0 aliphatic rings. The third kappa shape index (κ3) is 4.76. The summed E-state index contributed by atoms with van der Waals surface area (Å²) >= 11 is 0. The van der Waals surface area contributed by atoms with Crippen LogP contribution in [0.5, 0.6) is 0 Å². The summed E-state index contributed by atoms with van der Waals surface area (Å²) < 4.78 is 20.4. The summed E-state index contributed by atoms with van der Waals surface area (Å²) in [5.74, 6) is 0.614. The highest BCUT2D eigenvalue weighted by Gasteiger charge is 2.10. The molecule has 0 saturated carbocycles. The molecule has 2 aromatic carbocycles. The first-order valence-corrected chi connectivity index (χ1v) is 9.24. The van der Waals surface area contributed by atoms with Crippen molar-refractivity contribution < 1.29 is 13.6 Å². The second-order valence-corrected chi connectivity index (χ2v) is 6.53. The van der Waals surface area contributed by atoms with Gasteiger partial charge in [-0.1, -0.05) is 18.2 Å². The van der Waals surface area contributed by atoms with E-state index in [0.29, 0.717) is 24.6 Å². The average molecular weight is 390 g/mol. The summed E-state index contributed by atoms with van der Waals surface area (Å²) in [6, 6.07) is 15.8. The molecule has 0 atom stereocenters. The minimum atomic E-state index is -0.306. The van der Waals surface area contributed by atoms with Crippen LogP contribution in [0.1, 0.15) is 17.9 Å². The van der Waals surface area contributed by atoms with E-state index < -0.39 is 0 Å². The smallest absolute Gasteiger partial charge is 0.220 e. The van der Waals surface area contributed by atoms with Gasteiger partial charge in [0.25, 0.3) is 0 Å². The molecule has 4 aromatic rings. The second kappa shape index (κ2) is 8.52. The van der Waals surface area contributed by atoms with Crippen LogP contribution in [-0.4, -0.2) is 20.7 Å². The minimum Gasteiger partial charge on any atom is -0.441 e. The number of oxazole rings is 1. The van der Waals surface area contributed by atoms with Gasteiger partial charge in [-0.05, 0) is 36.4 Å². The number of hydrogen-bond donors (Lipinski definition) is 1. The van der Waals surface area contributed by atoms with Gasteiger partial charge in [0.2, 0.25) is 5.91 Å². The molecule has 0 spiro atoms. The molecule has 4 rings (SSSR count). The van der Waals surface area contributed by atoms with E-state index in [-0.39, 0.29) is 18.1 Å². The van der Waals surface area contributed by atoms with Gasteiger partial charge in [-0.3, -0.25) is 4.79 Å². The first-order chi connectivity index (χ1) is 14.2. The van der Waals surface area contributed by atoms with Gasteiger partial charge < -0.3 is 9.73 Å². The van der Waals surface area contributed by atoms with Crippen molar-refractivity contribution in [2.75, 3.05) is 0 Å². The van der Waals surface area contributed by atoms with E-state index >= 15 is 0 Å². The molecular formula is C22H19FN4O2. The van der Waals surface area contributed by atoms with Crippen molar-refractivity contribution in [2.45, 2.75) is 19.4 Å². The van der Waals surface area contributed by atoms with Crippen molar-refractivity contribution in [3.05, 3.63) is 90.5 Å². The van der Waals surface area contributed by atoms with E-state index in [1.807, 2.05) is 36.5 Å². The van der Waals surface area contributed by atoms with Crippen molar-refractivity contribution in [2.24, 2.45) is 0 Å². The number of benzene rings is 2. The highest BCUT2D eigenvalue weighted by atomic mass is 19.1. The summed E-state index contributed by atoms with van der Waals surface area (Å²) in [7, 11) is 0. The number of carbonyl (C=O) groups excluding carboxylic acids is 1. The Kier molecular flexibility index (Phi) is 5.47. The molecule has 0 radical (unpaired) electrons. The van der Waals surface area contributed by atoms with Crippen molar-refractivity contribution in [1.29, 1.82) is 0 Å². The van der Waals surface area contributed by atoms with Crippen molar-refractivity contribution >= 4 is 5.91 Å². The third-order valence-electron chi connectivity index (χ3n) is 4.39. The summed E-state index contributed by atoms with van der Waals surface area (Å²) in [5.41, 5.74) is 2.62. The molecule has 0 unspecified atom stereocenters. The fourth-order valence-electron chi connectivity index (χ4n) is 2.86. The predicted molar refractivity (Wildman–Crippen MR) is 106 cm³/mol. The number of aryl methyl sites for hydroxylation is 1. The highest BCUT2D eigenvalue weighted by molar-refractivity contribution is 5.76. The number of amides is 1. The van der Waals surface area contributed by atoms with E-state index in [4.69, 9.17) is 4.42 Å². The number of aromatic nitrogens is 3. The van der Waals surface area contributed by atoms with Gasteiger partial charge in [-0.2, -0.15) is 5.10 Å². The Morgan fingerprint density at radius 3 is 2.66 bits per heavy atom. The van der Waals surface area contributed by atoms with E-state index in [2.05, 4.69) is 15.4 Å². The predicted octanol–water partition coefficient (Wildman–Crippen LogP) is 3.92. The second-order valence-electron chi connectivity index (χ2n) is 6.53. The van der Waals surface area contributed by atoms with E-state index in [1.54, 1.807) is 29.2 Å². The lowest BCUT2D eigenvalue weighted by atomic mass is 10.2. The van der Waals surface area contributed by atoms with Gasteiger partial charge in [0.1, 0.15) is 5.82 Å². The van der Waals surface area contributed by atoms with Crippen LogP contribution in [0.25, 0.3) is 17.0 Å². The van der Waals surface area contributed by atoms with E-state index in [0.717, 1.165) is 16.8 Å². The normalized spacial score (nSPS) is 10.8. The van der Waals surface area contributed by atoms with Gasteiger partial charge >= 0.3 is 0 Å². The Morgan fingerprint density at radius 2 is 1.86 bits per heavy atom. The number of halogens is 1.